The Morgan fingerprint density at radius 2 is 2.14 bits per heavy atom. The number of rotatable bonds is 4. The van der Waals surface area contributed by atoms with E-state index in [1.165, 1.54) is 19.1 Å². The molecule has 0 saturated carbocycles. The monoisotopic (exact) mass is 328 g/mol. The first kappa shape index (κ1) is 16.4. The number of benzene rings is 1. The van der Waals surface area contributed by atoms with Crippen molar-refractivity contribution in [1.82, 2.24) is 4.31 Å². The Hall–Kier alpha value is -2.00. The maximum atomic E-state index is 12.6. The van der Waals surface area contributed by atoms with E-state index in [-0.39, 0.29) is 29.2 Å². The number of aryl methyl sites for hydroxylation is 1. The number of sulfonamides is 1. The molecule has 0 aromatic heterocycles. The van der Waals surface area contributed by atoms with Crippen molar-refractivity contribution in [2.24, 2.45) is 5.92 Å². The molecule has 0 amide bonds. The lowest BCUT2D eigenvalue weighted by Crippen LogP contribution is -2.42. The summed E-state index contributed by atoms with van der Waals surface area (Å²) in [6.07, 6.45) is 0.919. The smallest absolute Gasteiger partial charge is 0.307 e. The number of nitro benzene ring substituents is 1. The highest BCUT2D eigenvalue weighted by Crippen LogP contribution is 2.27. The van der Waals surface area contributed by atoms with Crippen molar-refractivity contribution >= 4 is 21.7 Å². The third-order valence-electron chi connectivity index (χ3n) is 3.74. The van der Waals surface area contributed by atoms with Crippen LogP contribution in [0.5, 0.6) is 0 Å². The van der Waals surface area contributed by atoms with Crippen LogP contribution in [0.25, 0.3) is 0 Å². The van der Waals surface area contributed by atoms with E-state index in [2.05, 4.69) is 0 Å². The van der Waals surface area contributed by atoms with Crippen LogP contribution in [-0.4, -0.2) is 41.8 Å². The Balaban J connectivity index is 2.32. The summed E-state index contributed by atoms with van der Waals surface area (Å²) in [6.45, 7) is 1.64. The fourth-order valence-corrected chi connectivity index (χ4v) is 4.11. The molecule has 0 radical (unpaired) electrons. The molecule has 1 N–H and O–H groups in total. The highest BCUT2D eigenvalue weighted by atomic mass is 32.2. The number of piperidine rings is 1. The van der Waals surface area contributed by atoms with E-state index in [0.717, 1.165) is 10.4 Å². The molecule has 120 valence electrons. The summed E-state index contributed by atoms with van der Waals surface area (Å²) < 4.78 is 26.2. The maximum absolute atomic E-state index is 12.6. The van der Waals surface area contributed by atoms with Crippen molar-refractivity contribution in [3.63, 3.8) is 0 Å². The highest BCUT2D eigenvalue weighted by molar-refractivity contribution is 7.89. The molecule has 2 rings (SSSR count). The van der Waals surface area contributed by atoms with Crippen molar-refractivity contribution in [2.45, 2.75) is 24.7 Å². The molecule has 8 nitrogen and oxygen atoms in total. The van der Waals surface area contributed by atoms with Crippen molar-refractivity contribution in [1.29, 1.82) is 0 Å². The minimum atomic E-state index is -3.85. The molecule has 9 heteroatoms. The lowest BCUT2D eigenvalue weighted by Gasteiger charge is -2.29. The molecular weight excluding hydrogens is 312 g/mol. The normalized spacial score (nSPS) is 19.8. The van der Waals surface area contributed by atoms with Gasteiger partial charge in [0.15, 0.2) is 0 Å². The van der Waals surface area contributed by atoms with Gasteiger partial charge in [-0.3, -0.25) is 14.9 Å². The van der Waals surface area contributed by atoms with E-state index in [4.69, 9.17) is 5.11 Å². The van der Waals surface area contributed by atoms with Gasteiger partial charge < -0.3 is 5.11 Å². The second-order valence-electron chi connectivity index (χ2n) is 5.25. The first-order valence-corrected chi connectivity index (χ1v) is 8.15. The van der Waals surface area contributed by atoms with Gasteiger partial charge in [-0.2, -0.15) is 4.31 Å². The van der Waals surface area contributed by atoms with Gasteiger partial charge in [-0.1, -0.05) is 0 Å². The lowest BCUT2D eigenvalue weighted by atomic mass is 10.0. The minimum Gasteiger partial charge on any atom is -0.481 e. The Labute approximate surface area is 127 Å². The fraction of sp³-hybridized carbons (Fsp3) is 0.462. The Kier molecular flexibility index (Phi) is 4.47. The fourth-order valence-electron chi connectivity index (χ4n) is 2.50. The predicted molar refractivity (Wildman–Crippen MR) is 77.0 cm³/mol. The minimum absolute atomic E-state index is 0.0540. The number of aliphatic carboxylic acids is 1. The topological polar surface area (TPSA) is 118 Å². The number of nitro groups is 1. The molecule has 1 aliphatic rings. The second kappa shape index (κ2) is 6.01. The SMILES string of the molecule is Cc1cc(S(=O)(=O)N2CCCC(C(=O)O)C2)ccc1[N+](=O)[O-]. The van der Waals surface area contributed by atoms with Crippen LogP contribution in [0.2, 0.25) is 0 Å². The van der Waals surface area contributed by atoms with Crippen molar-refractivity contribution < 1.29 is 23.2 Å². The molecule has 1 atom stereocenters. The van der Waals surface area contributed by atoms with Crippen LogP contribution in [0.4, 0.5) is 5.69 Å². The molecule has 0 aliphatic carbocycles. The van der Waals surface area contributed by atoms with Gasteiger partial charge in [0, 0.05) is 24.7 Å². The van der Waals surface area contributed by atoms with Gasteiger partial charge in [-0.15, -0.1) is 0 Å². The molecule has 1 unspecified atom stereocenters. The molecule has 1 fully saturated rings. The Bertz CT molecular complexity index is 715. The number of hydrogen-bond donors (Lipinski definition) is 1. The summed E-state index contributed by atoms with van der Waals surface area (Å²) in [4.78, 5) is 21.2. The summed E-state index contributed by atoms with van der Waals surface area (Å²) in [5.41, 5.74) is 0.0962. The van der Waals surface area contributed by atoms with Crippen LogP contribution in [-0.2, 0) is 14.8 Å². The summed E-state index contributed by atoms with van der Waals surface area (Å²) in [6, 6.07) is 3.59. The second-order valence-corrected chi connectivity index (χ2v) is 7.18. The quantitative estimate of drug-likeness (QED) is 0.659. The highest BCUT2D eigenvalue weighted by Gasteiger charge is 2.33. The van der Waals surface area contributed by atoms with Gasteiger partial charge in [0.2, 0.25) is 10.0 Å². The number of carboxylic acid groups (broad SMARTS) is 1. The van der Waals surface area contributed by atoms with Crippen molar-refractivity contribution in [3.05, 3.63) is 33.9 Å². The average Bonchev–Trinajstić information content (AvgIpc) is 2.46. The zero-order chi connectivity index (χ0) is 16.5. The number of carboxylic acids is 1. The van der Waals surface area contributed by atoms with Gasteiger partial charge >= 0.3 is 5.97 Å². The van der Waals surface area contributed by atoms with Crippen LogP contribution in [0.15, 0.2) is 23.1 Å². The summed E-state index contributed by atoms with van der Waals surface area (Å²) in [5.74, 6) is -1.73. The molecule has 1 aliphatic heterocycles. The van der Waals surface area contributed by atoms with Crippen LogP contribution in [0.1, 0.15) is 18.4 Å². The predicted octanol–water partition coefficient (Wildman–Crippen LogP) is 1.39. The number of carbonyl (C=O) groups is 1. The molecule has 22 heavy (non-hydrogen) atoms. The van der Waals surface area contributed by atoms with Gasteiger partial charge in [-0.05, 0) is 31.9 Å². The zero-order valence-electron chi connectivity index (χ0n) is 11.9. The summed E-state index contributed by atoms with van der Waals surface area (Å²) in [7, 11) is -3.85. The standard InChI is InChI=1S/C13H16N2O6S/c1-9-7-11(4-5-12(9)15(18)19)22(20,21)14-6-2-3-10(8-14)13(16)17/h4-5,7,10H,2-3,6,8H2,1H3,(H,16,17). The number of nitrogens with zero attached hydrogens (tertiary/aromatic N) is 2. The molecule has 1 aromatic rings. The molecule has 1 heterocycles. The number of hydrogen-bond acceptors (Lipinski definition) is 5. The van der Waals surface area contributed by atoms with Crippen LogP contribution < -0.4 is 0 Å². The Morgan fingerprint density at radius 1 is 1.45 bits per heavy atom. The van der Waals surface area contributed by atoms with Crippen molar-refractivity contribution in [2.75, 3.05) is 13.1 Å². The van der Waals surface area contributed by atoms with E-state index in [9.17, 15) is 23.3 Å². The van der Waals surface area contributed by atoms with Crippen LogP contribution in [0, 0.1) is 23.0 Å². The van der Waals surface area contributed by atoms with Crippen LogP contribution >= 0.6 is 0 Å². The molecule has 1 aromatic carbocycles. The Morgan fingerprint density at radius 3 is 2.68 bits per heavy atom. The third-order valence-corrected chi connectivity index (χ3v) is 5.60. The van der Waals surface area contributed by atoms with E-state index >= 15 is 0 Å². The van der Waals surface area contributed by atoms with E-state index in [1.807, 2.05) is 0 Å². The summed E-state index contributed by atoms with van der Waals surface area (Å²) in [5, 5.41) is 19.8. The van der Waals surface area contributed by atoms with E-state index < -0.39 is 26.8 Å². The van der Waals surface area contributed by atoms with Gasteiger partial charge in [0.25, 0.3) is 5.69 Å². The first-order valence-electron chi connectivity index (χ1n) is 6.71. The average molecular weight is 328 g/mol. The molecular formula is C13H16N2O6S. The van der Waals surface area contributed by atoms with Gasteiger partial charge in [0.05, 0.1) is 15.7 Å². The largest absolute Gasteiger partial charge is 0.481 e. The zero-order valence-corrected chi connectivity index (χ0v) is 12.7. The first-order chi connectivity index (χ1) is 10.2. The maximum Gasteiger partial charge on any atom is 0.307 e. The molecule has 1 saturated heterocycles. The van der Waals surface area contributed by atoms with Gasteiger partial charge in [0.1, 0.15) is 0 Å². The third kappa shape index (κ3) is 3.09. The van der Waals surface area contributed by atoms with Gasteiger partial charge in [-0.25, -0.2) is 8.42 Å². The lowest BCUT2D eigenvalue weighted by molar-refractivity contribution is -0.385. The van der Waals surface area contributed by atoms with Crippen LogP contribution in [0.3, 0.4) is 0 Å². The molecule has 0 bridgehead atoms. The van der Waals surface area contributed by atoms with E-state index in [0.29, 0.717) is 12.8 Å². The van der Waals surface area contributed by atoms with E-state index in [1.54, 1.807) is 0 Å². The summed E-state index contributed by atoms with van der Waals surface area (Å²) >= 11 is 0. The molecule has 0 spiro atoms. The van der Waals surface area contributed by atoms with Crippen molar-refractivity contribution in [3.8, 4) is 0 Å².